The van der Waals surface area contributed by atoms with Crippen LogP contribution in [0.25, 0.3) is 0 Å². The van der Waals surface area contributed by atoms with Gasteiger partial charge < -0.3 is 14.6 Å². The van der Waals surface area contributed by atoms with Crippen LogP contribution >= 0.6 is 0 Å². The molecule has 0 N–H and O–H groups in total. The fourth-order valence-corrected chi connectivity index (χ4v) is 2.60. The summed E-state index contributed by atoms with van der Waals surface area (Å²) in [5.74, 6) is -1.21. The highest BCUT2D eigenvalue weighted by atomic mass is 16.5. The maximum Gasteiger partial charge on any atom is 0.333 e. The zero-order valence-corrected chi connectivity index (χ0v) is 15.4. The Bertz CT molecular complexity index is 350. The molecule has 4 heteroatoms. The minimum atomic E-state index is -0.928. The number of aliphatic carboxylic acids is 1. The summed E-state index contributed by atoms with van der Waals surface area (Å²) < 4.78 is 5.05. The zero-order chi connectivity index (χ0) is 18.0. The van der Waals surface area contributed by atoms with E-state index in [4.69, 9.17) is 4.74 Å². The fraction of sp³-hybridized carbons (Fsp3) is 0.800. The van der Waals surface area contributed by atoms with E-state index in [1.54, 1.807) is 6.92 Å². The van der Waals surface area contributed by atoms with Crippen LogP contribution in [0.4, 0.5) is 0 Å². The molecule has 4 nitrogen and oxygen atoms in total. The number of ether oxygens (including phenoxy) is 1. The van der Waals surface area contributed by atoms with Gasteiger partial charge in [0.05, 0.1) is 6.61 Å². The zero-order valence-electron chi connectivity index (χ0n) is 15.4. The standard InChI is InChI=1S/C20H36O4/c1-18(2)20(23)24-17-15-13-11-9-7-5-3-4-6-8-10-12-14-16-19(21)22/h1,3-17H2,2H3,(H,21,22)/p-1. The van der Waals surface area contributed by atoms with Crippen molar-refractivity contribution in [3.05, 3.63) is 12.2 Å². The molecule has 0 unspecified atom stereocenters. The van der Waals surface area contributed by atoms with Crippen molar-refractivity contribution in [1.29, 1.82) is 0 Å². The fourth-order valence-electron chi connectivity index (χ4n) is 2.60. The van der Waals surface area contributed by atoms with Crippen LogP contribution in [0, 0.1) is 0 Å². The molecule has 0 heterocycles. The van der Waals surface area contributed by atoms with E-state index in [9.17, 15) is 14.7 Å². The first-order valence-corrected chi connectivity index (χ1v) is 9.56. The first-order valence-electron chi connectivity index (χ1n) is 9.56. The van der Waals surface area contributed by atoms with Gasteiger partial charge in [0.15, 0.2) is 0 Å². The minimum Gasteiger partial charge on any atom is -0.550 e. The summed E-state index contributed by atoms with van der Waals surface area (Å²) in [5.41, 5.74) is 0.465. The normalized spacial score (nSPS) is 10.5. The van der Waals surface area contributed by atoms with Crippen LogP contribution in [0.3, 0.4) is 0 Å². The average Bonchev–Trinajstić information content (AvgIpc) is 2.53. The molecule has 0 aliphatic heterocycles. The number of carboxylic acids is 1. The molecule has 0 saturated carbocycles. The molecule has 0 fully saturated rings. The lowest BCUT2D eigenvalue weighted by atomic mass is 10.0. The molecule has 0 aromatic carbocycles. The summed E-state index contributed by atoms with van der Waals surface area (Å²) in [6, 6.07) is 0. The van der Waals surface area contributed by atoms with Crippen LogP contribution in [-0.2, 0) is 14.3 Å². The molecule has 0 atom stereocenters. The molecule has 0 aromatic heterocycles. The molecule has 0 bridgehead atoms. The second-order valence-electron chi connectivity index (χ2n) is 6.63. The number of carbonyl (C=O) groups is 2. The topological polar surface area (TPSA) is 66.4 Å². The van der Waals surface area contributed by atoms with Crippen molar-refractivity contribution < 1.29 is 19.4 Å². The highest BCUT2D eigenvalue weighted by molar-refractivity contribution is 5.86. The van der Waals surface area contributed by atoms with E-state index in [-0.39, 0.29) is 12.4 Å². The number of hydrogen-bond donors (Lipinski definition) is 0. The number of unbranched alkanes of at least 4 members (excludes halogenated alkanes) is 12. The van der Waals surface area contributed by atoms with Gasteiger partial charge in [-0.1, -0.05) is 77.2 Å². The minimum absolute atomic E-state index is 0.205. The molecule has 0 saturated heterocycles. The Labute approximate surface area is 147 Å². The third kappa shape index (κ3) is 17.0. The predicted octanol–water partition coefficient (Wildman–Crippen LogP) is 4.32. The van der Waals surface area contributed by atoms with E-state index in [2.05, 4.69) is 6.58 Å². The second kappa shape index (κ2) is 16.5. The summed E-state index contributed by atoms with van der Waals surface area (Å²) in [6.07, 6.45) is 15.3. The van der Waals surface area contributed by atoms with Crippen molar-refractivity contribution in [2.45, 2.75) is 96.8 Å². The first-order chi connectivity index (χ1) is 11.5. The van der Waals surface area contributed by atoms with Crippen molar-refractivity contribution in [1.82, 2.24) is 0 Å². The molecular weight excluding hydrogens is 304 g/mol. The van der Waals surface area contributed by atoms with Gasteiger partial charge in [0.2, 0.25) is 0 Å². The molecule has 24 heavy (non-hydrogen) atoms. The summed E-state index contributed by atoms with van der Waals surface area (Å²) in [7, 11) is 0. The van der Waals surface area contributed by atoms with E-state index in [1.807, 2.05) is 0 Å². The van der Waals surface area contributed by atoms with E-state index in [1.165, 1.54) is 51.4 Å². The van der Waals surface area contributed by atoms with E-state index in [0.717, 1.165) is 32.1 Å². The molecule has 0 aromatic rings. The van der Waals surface area contributed by atoms with Crippen LogP contribution in [0.5, 0.6) is 0 Å². The Morgan fingerprint density at radius 3 is 1.50 bits per heavy atom. The molecule has 0 aliphatic rings. The van der Waals surface area contributed by atoms with Gasteiger partial charge >= 0.3 is 5.97 Å². The van der Waals surface area contributed by atoms with Crippen LogP contribution < -0.4 is 5.11 Å². The Kier molecular flexibility index (Phi) is 15.6. The maximum absolute atomic E-state index is 11.2. The van der Waals surface area contributed by atoms with Crippen molar-refractivity contribution in [3.63, 3.8) is 0 Å². The Morgan fingerprint density at radius 1 is 0.750 bits per heavy atom. The Hall–Kier alpha value is -1.32. The van der Waals surface area contributed by atoms with Gasteiger partial charge in [-0.3, -0.25) is 0 Å². The van der Waals surface area contributed by atoms with Crippen LogP contribution in [0.15, 0.2) is 12.2 Å². The van der Waals surface area contributed by atoms with E-state index >= 15 is 0 Å². The van der Waals surface area contributed by atoms with Crippen LogP contribution in [-0.4, -0.2) is 18.5 Å². The van der Waals surface area contributed by atoms with Crippen LogP contribution in [0.1, 0.15) is 96.8 Å². The number of rotatable bonds is 17. The lowest BCUT2D eigenvalue weighted by Gasteiger charge is -2.05. The predicted molar refractivity (Wildman–Crippen MR) is 95.4 cm³/mol. The third-order valence-corrected chi connectivity index (χ3v) is 4.11. The van der Waals surface area contributed by atoms with Gasteiger partial charge in [0.25, 0.3) is 0 Å². The smallest absolute Gasteiger partial charge is 0.333 e. The summed E-state index contributed by atoms with van der Waals surface area (Å²) in [4.78, 5) is 21.4. The van der Waals surface area contributed by atoms with Crippen molar-refractivity contribution in [2.75, 3.05) is 6.61 Å². The largest absolute Gasteiger partial charge is 0.550 e. The van der Waals surface area contributed by atoms with E-state index in [0.29, 0.717) is 12.2 Å². The number of esters is 1. The van der Waals surface area contributed by atoms with Crippen molar-refractivity contribution in [3.8, 4) is 0 Å². The van der Waals surface area contributed by atoms with E-state index < -0.39 is 5.97 Å². The molecular formula is C20H35O4-. The lowest BCUT2D eigenvalue weighted by molar-refractivity contribution is -0.305. The SMILES string of the molecule is C=C(C)C(=O)OCCCCCCCCCCCCCCCC(=O)[O-]. The highest BCUT2D eigenvalue weighted by Crippen LogP contribution is 2.13. The van der Waals surface area contributed by atoms with Gasteiger partial charge in [-0.05, 0) is 26.2 Å². The maximum atomic E-state index is 11.2. The Balaban J connectivity index is 3.09. The lowest BCUT2D eigenvalue weighted by Crippen LogP contribution is -2.21. The monoisotopic (exact) mass is 339 g/mol. The number of carbonyl (C=O) groups excluding carboxylic acids is 2. The number of hydrogen-bond acceptors (Lipinski definition) is 4. The van der Waals surface area contributed by atoms with Crippen LogP contribution in [0.2, 0.25) is 0 Å². The van der Waals surface area contributed by atoms with Gasteiger partial charge in [0.1, 0.15) is 0 Å². The van der Waals surface area contributed by atoms with Gasteiger partial charge in [-0.25, -0.2) is 4.79 Å². The third-order valence-electron chi connectivity index (χ3n) is 4.11. The second-order valence-corrected chi connectivity index (χ2v) is 6.63. The first kappa shape index (κ1) is 22.7. The summed E-state index contributed by atoms with van der Waals surface area (Å²) in [5, 5.41) is 10.3. The van der Waals surface area contributed by atoms with Crippen molar-refractivity contribution in [2.24, 2.45) is 0 Å². The molecule has 0 radical (unpaired) electrons. The Morgan fingerprint density at radius 2 is 1.12 bits per heavy atom. The van der Waals surface area contributed by atoms with Gasteiger partial charge in [-0.15, -0.1) is 0 Å². The van der Waals surface area contributed by atoms with Crippen molar-refractivity contribution >= 4 is 11.9 Å². The molecule has 140 valence electrons. The number of carboxylic acid groups (broad SMARTS) is 1. The molecule has 0 aliphatic carbocycles. The summed E-state index contributed by atoms with van der Waals surface area (Å²) >= 11 is 0. The van der Waals surface area contributed by atoms with Gasteiger partial charge in [0, 0.05) is 11.5 Å². The molecule has 0 amide bonds. The van der Waals surface area contributed by atoms with Gasteiger partial charge in [-0.2, -0.15) is 0 Å². The average molecular weight is 339 g/mol. The summed E-state index contributed by atoms with van der Waals surface area (Å²) in [6.45, 7) is 5.73. The molecule has 0 rings (SSSR count). The molecule has 0 spiro atoms. The highest BCUT2D eigenvalue weighted by Gasteiger charge is 2.01. The quantitative estimate of drug-likeness (QED) is 0.225.